The van der Waals surface area contributed by atoms with Crippen LogP contribution >= 0.6 is 0 Å². The first-order valence-electron chi connectivity index (χ1n) is 5.00. The fraction of sp³-hybridized carbons (Fsp3) is 0.333. The zero-order valence-corrected chi connectivity index (χ0v) is 10.2. The van der Waals surface area contributed by atoms with E-state index in [9.17, 15) is 9.59 Å². The molecule has 1 aromatic carbocycles. The quantitative estimate of drug-likeness (QED) is 0.594. The van der Waals surface area contributed by atoms with Crippen molar-refractivity contribution in [1.29, 1.82) is 0 Å². The summed E-state index contributed by atoms with van der Waals surface area (Å²) in [6.45, 7) is 4.32. The van der Waals surface area contributed by atoms with E-state index in [4.69, 9.17) is 14.2 Å². The highest BCUT2D eigenvalue weighted by Gasteiger charge is 2.15. The maximum atomic E-state index is 10.9. The molecule has 17 heavy (non-hydrogen) atoms. The van der Waals surface area contributed by atoms with E-state index in [-0.39, 0.29) is 0 Å². The van der Waals surface area contributed by atoms with E-state index in [2.05, 4.69) is 0 Å². The standard InChI is InChI=1S/C12H14O5/c1-7-10(16-8(2)13)5-6-11(12(7)15-4)17-9(3)14/h5-6H,1-4H3. The fourth-order valence-electron chi connectivity index (χ4n) is 1.40. The van der Waals surface area contributed by atoms with Crippen LogP contribution in [-0.4, -0.2) is 19.0 Å². The first-order chi connectivity index (χ1) is 7.95. The van der Waals surface area contributed by atoms with Crippen LogP contribution in [0.1, 0.15) is 19.4 Å². The molecule has 1 aromatic rings. The molecule has 0 N–H and O–H groups in total. The lowest BCUT2D eigenvalue weighted by Gasteiger charge is -2.13. The molecular formula is C12H14O5. The Balaban J connectivity index is 3.16. The minimum Gasteiger partial charge on any atom is -0.492 e. The van der Waals surface area contributed by atoms with Gasteiger partial charge in [-0.1, -0.05) is 0 Å². The van der Waals surface area contributed by atoms with Gasteiger partial charge in [0.25, 0.3) is 0 Å². The van der Waals surface area contributed by atoms with E-state index in [1.165, 1.54) is 27.0 Å². The third-order valence-corrected chi connectivity index (χ3v) is 2.03. The summed E-state index contributed by atoms with van der Waals surface area (Å²) in [4.78, 5) is 21.8. The van der Waals surface area contributed by atoms with Crippen molar-refractivity contribution in [2.24, 2.45) is 0 Å². The Morgan fingerprint density at radius 1 is 1.00 bits per heavy atom. The normalized spacial score (nSPS) is 9.65. The molecule has 0 saturated carbocycles. The maximum absolute atomic E-state index is 10.9. The molecule has 0 aliphatic rings. The second-order valence-electron chi connectivity index (χ2n) is 3.41. The van der Waals surface area contributed by atoms with Crippen molar-refractivity contribution in [2.75, 3.05) is 7.11 Å². The SMILES string of the molecule is COc1c(OC(C)=O)ccc(OC(C)=O)c1C. The van der Waals surface area contributed by atoms with Gasteiger partial charge in [-0.2, -0.15) is 0 Å². The Hall–Kier alpha value is -2.04. The van der Waals surface area contributed by atoms with Gasteiger partial charge in [-0.05, 0) is 19.1 Å². The van der Waals surface area contributed by atoms with Gasteiger partial charge in [0, 0.05) is 19.4 Å². The van der Waals surface area contributed by atoms with Crippen molar-refractivity contribution in [2.45, 2.75) is 20.8 Å². The molecule has 1 rings (SSSR count). The monoisotopic (exact) mass is 238 g/mol. The van der Waals surface area contributed by atoms with Crippen LogP contribution in [0.4, 0.5) is 0 Å². The first kappa shape index (κ1) is 13.0. The van der Waals surface area contributed by atoms with Crippen molar-refractivity contribution >= 4 is 11.9 Å². The Kier molecular flexibility index (Phi) is 4.09. The summed E-state index contributed by atoms with van der Waals surface area (Å²) in [7, 11) is 1.45. The highest BCUT2D eigenvalue weighted by Crippen LogP contribution is 2.36. The molecule has 92 valence electrons. The van der Waals surface area contributed by atoms with E-state index in [0.717, 1.165) is 0 Å². The van der Waals surface area contributed by atoms with Crippen LogP contribution < -0.4 is 14.2 Å². The van der Waals surface area contributed by atoms with E-state index < -0.39 is 11.9 Å². The van der Waals surface area contributed by atoms with Crippen molar-refractivity contribution in [3.05, 3.63) is 17.7 Å². The summed E-state index contributed by atoms with van der Waals surface area (Å²) in [6.07, 6.45) is 0. The Labute approximate surface area is 99.3 Å². The van der Waals surface area contributed by atoms with Gasteiger partial charge < -0.3 is 14.2 Å². The van der Waals surface area contributed by atoms with Crippen LogP contribution in [0.5, 0.6) is 17.2 Å². The summed E-state index contributed by atoms with van der Waals surface area (Å²) >= 11 is 0. The predicted molar refractivity (Wildman–Crippen MR) is 60.3 cm³/mol. The third-order valence-electron chi connectivity index (χ3n) is 2.03. The second-order valence-corrected chi connectivity index (χ2v) is 3.41. The topological polar surface area (TPSA) is 61.8 Å². The van der Waals surface area contributed by atoms with Gasteiger partial charge in [-0.25, -0.2) is 0 Å². The number of hydrogen-bond donors (Lipinski definition) is 0. The fourth-order valence-corrected chi connectivity index (χ4v) is 1.40. The minimum atomic E-state index is -0.442. The van der Waals surface area contributed by atoms with Crippen LogP contribution in [0.25, 0.3) is 0 Å². The molecule has 5 heteroatoms. The Bertz CT molecular complexity index is 450. The van der Waals surface area contributed by atoms with Crippen LogP contribution in [0.15, 0.2) is 12.1 Å². The van der Waals surface area contributed by atoms with Crippen molar-refractivity contribution in [1.82, 2.24) is 0 Å². The average molecular weight is 238 g/mol. The van der Waals surface area contributed by atoms with Crippen LogP contribution in [0, 0.1) is 6.92 Å². The molecule has 5 nitrogen and oxygen atoms in total. The number of rotatable bonds is 3. The number of benzene rings is 1. The van der Waals surface area contributed by atoms with Gasteiger partial charge >= 0.3 is 11.9 Å². The highest BCUT2D eigenvalue weighted by atomic mass is 16.6. The zero-order valence-electron chi connectivity index (χ0n) is 10.2. The lowest BCUT2D eigenvalue weighted by molar-refractivity contribution is -0.133. The van der Waals surface area contributed by atoms with E-state index in [1.54, 1.807) is 13.0 Å². The molecule has 0 radical (unpaired) electrons. The molecule has 0 aromatic heterocycles. The van der Waals surface area contributed by atoms with Crippen LogP contribution in [-0.2, 0) is 9.59 Å². The number of methoxy groups -OCH3 is 1. The summed E-state index contributed by atoms with van der Waals surface area (Å²) in [5, 5.41) is 0. The smallest absolute Gasteiger partial charge is 0.308 e. The Morgan fingerprint density at radius 2 is 1.47 bits per heavy atom. The number of esters is 2. The molecular weight excluding hydrogens is 224 g/mol. The van der Waals surface area contributed by atoms with Gasteiger partial charge in [-0.3, -0.25) is 9.59 Å². The average Bonchev–Trinajstić information content (AvgIpc) is 2.21. The highest BCUT2D eigenvalue weighted by molar-refractivity contribution is 5.73. The zero-order chi connectivity index (χ0) is 13.0. The van der Waals surface area contributed by atoms with Crippen LogP contribution in [0.3, 0.4) is 0 Å². The molecule has 0 heterocycles. The van der Waals surface area contributed by atoms with Crippen LogP contribution in [0.2, 0.25) is 0 Å². The molecule has 0 saturated heterocycles. The maximum Gasteiger partial charge on any atom is 0.308 e. The first-order valence-corrected chi connectivity index (χ1v) is 5.00. The lowest BCUT2D eigenvalue weighted by Crippen LogP contribution is -2.06. The Morgan fingerprint density at radius 3 is 1.94 bits per heavy atom. The third kappa shape index (κ3) is 3.21. The van der Waals surface area contributed by atoms with Crippen molar-refractivity contribution < 1.29 is 23.8 Å². The van der Waals surface area contributed by atoms with Gasteiger partial charge in [-0.15, -0.1) is 0 Å². The summed E-state index contributed by atoms with van der Waals surface area (Å²) < 4.78 is 15.1. The molecule has 0 spiro atoms. The second kappa shape index (κ2) is 5.34. The molecule has 0 bridgehead atoms. The number of ether oxygens (including phenoxy) is 3. The predicted octanol–water partition coefficient (Wildman–Crippen LogP) is 1.85. The van der Waals surface area contributed by atoms with E-state index >= 15 is 0 Å². The molecule has 0 unspecified atom stereocenters. The van der Waals surface area contributed by atoms with Gasteiger partial charge in [0.15, 0.2) is 11.5 Å². The molecule has 0 aliphatic heterocycles. The molecule has 0 amide bonds. The molecule has 0 atom stereocenters. The summed E-state index contributed by atoms with van der Waals surface area (Å²) in [5.74, 6) is 0.191. The van der Waals surface area contributed by atoms with Gasteiger partial charge in [0.2, 0.25) is 0 Å². The number of carbonyl (C=O) groups excluding carboxylic acids is 2. The molecule has 0 aliphatic carbocycles. The van der Waals surface area contributed by atoms with Crippen molar-refractivity contribution in [3.8, 4) is 17.2 Å². The van der Waals surface area contributed by atoms with Gasteiger partial charge in [0.05, 0.1) is 7.11 Å². The minimum absolute atomic E-state index is 0.299. The van der Waals surface area contributed by atoms with E-state index in [0.29, 0.717) is 22.8 Å². The summed E-state index contributed by atoms with van der Waals surface area (Å²) in [6, 6.07) is 3.07. The van der Waals surface area contributed by atoms with E-state index in [1.807, 2.05) is 0 Å². The van der Waals surface area contributed by atoms with Gasteiger partial charge in [0.1, 0.15) is 5.75 Å². The van der Waals surface area contributed by atoms with Crippen molar-refractivity contribution in [3.63, 3.8) is 0 Å². The number of carbonyl (C=O) groups is 2. The lowest BCUT2D eigenvalue weighted by atomic mass is 10.2. The largest absolute Gasteiger partial charge is 0.492 e. The summed E-state index contributed by atoms with van der Waals surface area (Å²) in [5.41, 5.74) is 0.599. The number of hydrogen-bond acceptors (Lipinski definition) is 5. The molecule has 0 fully saturated rings.